The van der Waals surface area contributed by atoms with Gasteiger partial charge in [0.05, 0.1) is 16.3 Å². The molecular weight excluding hydrogens is 384 g/mol. The number of nitrogens with one attached hydrogen (secondary N) is 1. The van der Waals surface area contributed by atoms with Crippen molar-refractivity contribution in [2.24, 2.45) is 5.73 Å². The first-order chi connectivity index (χ1) is 10.9. The molecule has 0 saturated heterocycles. The molecule has 6 nitrogen and oxygen atoms in total. The Balaban J connectivity index is 0.00000208. The van der Waals surface area contributed by atoms with Gasteiger partial charge < -0.3 is 20.5 Å². The molecule has 2 aromatic rings. The molecule has 0 fully saturated rings. The molecule has 1 aliphatic rings. The summed E-state index contributed by atoms with van der Waals surface area (Å²) in [7, 11) is 0. The third kappa shape index (κ3) is 4.00. The van der Waals surface area contributed by atoms with Gasteiger partial charge in [-0.05, 0) is 18.4 Å². The van der Waals surface area contributed by atoms with E-state index in [1.807, 2.05) is 6.26 Å². The zero-order valence-electron chi connectivity index (χ0n) is 12.4. The molecule has 11 heteroatoms. The van der Waals surface area contributed by atoms with Crippen molar-refractivity contribution in [1.29, 1.82) is 0 Å². The molecule has 1 aliphatic heterocycles. The average Bonchev–Trinajstić information content (AvgIpc) is 2.98. The second kappa shape index (κ2) is 7.26. The normalized spacial score (nSPS) is 15.8. The summed E-state index contributed by atoms with van der Waals surface area (Å²) in [5, 5.41) is 2.98. The summed E-state index contributed by atoms with van der Waals surface area (Å²) in [5.41, 5.74) is 6.22. The number of ether oxygens (including phenoxy) is 2. The van der Waals surface area contributed by atoms with Gasteiger partial charge >= 0.3 is 6.29 Å². The van der Waals surface area contributed by atoms with Gasteiger partial charge in [-0.25, -0.2) is 4.98 Å². The summed E-state index contributed by atoms with van der Waals surface area (Å²) < 4.78 is 35.4. The van der Waals surface area contributed by atoms with Gasteiger partial charge in [-0.15, -0.1) is 21.2 Å². The zero-order chi connectivity index (χ0) is 16.6. The predicted molar refractivity (Wildman–Crippen MR) is 92.7 cm³/mol. The lowest BCUT2D eigenvalue weighted by Crippen LogP contribution is -2.36. The van der Waals surface area contributed by atoms with Crippen molar-refractivity contribution >= 4 is 56.8 Å². The van der Waals surface area contributed by atoms with E-state index in [0.29, 0.717) is 21.8 Å². The van der Waals surface area contributed by atoms with Crippen LogP contribution in [0.5, 0.6) is 11.5 Å². The highest BCUT2D eigenvalue weighted by Gasteiger charge is 2.43. The first-order valence-electron chi connectivity index (χ1n) is 6.64. The highest BCUT2D eigenvalue weighted by molar-refractivity contribution is 7.98. The smallest absolute Gasteiger partial charge is 0.395 e. The summed E-state index contributed by atoms with van der Waals surface area (Å²) >= 11 is 2.76. The maximum atomic E-state index is 13.0. The maximum Gasteiger partial charge on any atom is 0.586 e. The molecule has 0 unspecified atom stereocenters. The van der Waals surface area contributed by atoms with E-state index in [4.69, 9.17) is 5.73 Å². The second-order valence-electron chi connectivity index (χ2n) is 4.83. The van der Waals surface area contributed by atoms with Crippen LogP contribution in [0.1, 0.15) is 6.42 Å². The number of hydrogen-bond acceptors (Lipinski definition) is 7. The van der Waals surface area contributed by atoms with Crippen molar-refractivity contribution in [3.8, 4) is 11.5 Å². The van der Waals surface area contributed by atoms with Crippen LogP contribution in [0.25, 0.3) is 10.2 Å². The predicted octanol–water partition coefficient (Wildman–Crippen LogP) is 3.06. The minimum Gasteiger partial charge on any atom is -0.395 e. The van der Waals surface area contributed by atoms with Gasteiger partial charge in [0.25, 0.3) is 0 Å². The van der Waals surface area contributed by atoms with E-state index in [0.717, 1.165) is 17.1 Å². The number of thiazole rings is 1. The van der Waals surface area contributed by atoms with E-state index < -0.39 is 12.3 Å². The lowest BCUT2D eigenvalue weighted by atomic mass is 10.2. The van der Waals surface area contributed by atoms with Gasteiger partial charge in [0.2, 0.25) is 5.91 Å². The van der Waals surface area contributed by atoms with E-state index in [2.05, 4.69) is 19.8 Å². The lowest BCUT2D eigenvalue weighted by Gasteiger charge is -2.09. The number of benzene rings is 1. The Morgan fingerprint density at radius 2 is 2.12 bits per heavy atom. The number of aromatic nitrogens is 1. The van der Waals surface area contributed by atoms with Crippen molar-refractivity contribution in [3.05, 3.63) is 12.1 Å². The average molecular weight is 398 g/mol. The van der Waals surface area contributed by atoms with Crippen LogP contribution in [0.2, 0.25) is 0 Å². The van der Waals surface area contributed by atoms with Crippen LogP contribution in [-0.2, 0) is 4.79 Å². The molecular formula is C13H14ClF2N3O3S2. The number of hydrogen-bond donors (Lipinski definition) is 2. The molecule has 3 N–H and O–H groups in total. The van der Waals surface area contributed by atoms with Gasteiger partial charge in [-0.1, -0.05) is 11.3 Å². The van der Waals surface area contributed by atoms with Gasteiger partial charge in [-0.3, -0.25) is 4.79 Å². The van der Waals surface area contributed by atoms with Crippen molar-refractivity contribution in [2.45, 2.75) is 18.8 Å². The van der Waals surface area contributed by atoms with Crippen LogP contribution in [0.4, 0.5) is 13.9 Å². The number of alkyl halides is 2. The first kappa shape index (κ1) is 19.0. The quantitative estimate of drug-likeness (QED) is 0.806. The number of carbonyl (C=O) groups is 1. The number of halogens is 3. The molecule has 1 atom stereocenters. The molecule has 0 spiro atoms. The van der Waals surface area contributed by atoms with Crippen molar-refractivity contribution < 1.29 is 23.0 Å². The molecule has 0 saturated carbocycles. The number of rotatable bonds is 5. The monoisotopic (exact) mass is 397 g/mol. The highest BCUT2D eigenvalue weighted by atomic mass is 35.5. The Morgan fingerprint density at radius 3 is 2.79 bits per heavy atom. The van der Waals surface area contributed by atoms with Gasteiger partial charge in [0, 0.05) is 12.1 Å². The summed E-state index contributed by atoms with van der Waals surface area (Å²) in [6.45, 7) is 0. The minimum atomic E-state index is -3.66. The van der Waals surface area contributed by atoms with Gasteiger partial charge in [0.1, 0.15) is 0 Å². The van der Waals surface area contributed by atoms with Gasteiger partial charge in [0.15, 0.2) is 16.6 Å². The number of anilines is 1. The molecule has 0 bridgehead atoms. The fourth-order valence-corrected chi connectivity index (χ4v) is 3.37. The molecule has 1 aromatic carbocycles. The summed E-state index contributed by atoms with van der Waals surface area (Å²) in [5.74, 6) is 0.317. The molecule has 0 radical (unpaired) electrons. The van der Waals surface area contributed by atoms with Crippen molar-refractivity contribution in [2.75, 3.05) is 17.3 Å². The molecule has 2 heterocycles. The number of nitrogens with zero attached hydrogens (tertiary/aromatic N) is 1. The first-order valence-corrected chi connectivity index (χ1v) is 8.85. The highest BCUT2D eigenvalue weighted by Crippen LogP contribution is 2.44. The Kier molecular flexibility index (Phi) is 5.74. The third-order valence-corrected chi connectivity index (χ3v) is 4.69. The number of fused-ring (bicyclic) bond motifs is 2. The van der Waals surface area contributed by atoms with Crippen LogP contribution >= 0.6 is 35.5 Å². The zero-order valence-corrected chi connectivity index (χ0v) is 14.8. The Bertz CT molecular complexity index is 714. The summed E-state index contributed by atoms with van der Waals surface area (Å²) in [6, 6.07) is 2.14. The van der Waals surface area contributed by atoms with Crippen LogP contribution in [-0.4, -0.2) is 35.2 Å². The Hall–Kier alpha value is -1.36. The number of thioether (sulfide) groups is 1. The fourth-order valence-electron chi connectivity index (χ4n) is 2.00. The lowest BCUT2D eigenvalue weighted by molar-refractivity contribution is -0.286. The summed E-state index contributed by atoms with van der Waals surface area (Å²) in [6.07, 6.45) is -1.17. The summed E-state index contributed by atoms with van der Waals surface area (Å²) in [4.78, 5) is 16.1. The van der Waals surface area contributed by atoms with Crippen LogP contribution in [0.3, 0.4) is 0 Å². The number of carbonyl (C=O) groups excluding carboxylic acids is 1. The van der Waals surface area contributed by atoms with Crippen LogP contribution in [0, 0.1) is 0 Å². The van der Waals surface area contributed by atoms with Crippen molar-refractivity contribution in [1.82, 2.24) is 4.98 Å². The fraction of sp³-hybridized carbons (Fsp3) is 0.385. The number of amides is 1. The van der Waals surface area contributed by atoms with E-state index in [1.165, 1.54) is 12.1 Å². The molecule has 3 rings (SSSR count). The van der Waals surface area contributed by atoms with Crippen molar-refractivity contribution in [3.63, 3.8) is 0 Å². The molecule has 0 aliphatic carbocycles. The number of nitrogens with two attached hydrogens (primary N) is 1. The second-order valence-corrected chi connectivity index (χ2v) is 6.85. The van der Waals surface area contributed by atoms with E-state index >= 15 is 0 Å². The van der Waals surface area contributed by atoms with E-state index in [9.17, 15) is 13.6 Å². The largest absolute Gasteiger partial charge is 0.586 e. The molecule has 1 amide bonds. The SMILES string of the molecule is CSCC[C@H](N)C(=O)Nc1nc2cc3c(cc2s1)OC(F)(F)O3.Cl. The van der Waals surface area contributed by atoms with Crippen LogP contribution < -0.4 is 20.5 Å². The topological polar surface area (TPSA) is 86.5 Å². The molecule has 24 heavy (non-hydrogen) atoms. The van der Waals surface area contributed by atoms with Crippen LogP contribution in [0.15, 0.2) is 12.1 Å². The Labute approximate surface area is 150 Å². The van der Waals surface area contributed by atoms with E-state index in [-0.39, 0.29) is 29.8 Å². The molecule has 132 valence electrons. The minimum absolute atomic E-state index is 0. The van der Waals surface area contributed by atoms with Gasteiger partial charge in [-0.2, -0.15) is 11.8 Å². The van der Waals surface area contributed by atoms with E-state index in [1.54, 1.807) is 11.8 Å². The Morgan fingerprint density at radius 1 is 1.46 bits per heavy atom. The standard InChI is InChI=1S/C13H13F2N3O3S2.ClH/c1-22-3-2-6(16)11(19)18-12-17-7-4-8-9(5-10(7)23-12)21-13(14,15)20-8;/h4-6H,2-3,16H2,1H3,(H,17,18,19);1H/t6-;/m0./s1. The maximum absolute atomic E-state index is 13.0. The molecule has 1 aromatic heterocycles. The third-order valence-electron chi connectivity index (χ3n) is 3.11.